The van der Waals surface area contributed by atoms with Gasteiger partial charge in [0.25, 0.3) is 0 Å². The molecule has 1 amide bonds. The van der Waals surface area contributed by atoms with Crippen molar-refractivity contribution in [1.82, 2.24) is 14.7 Å². The Bertz CT molecular complexity index is 634. The summed E-state index contributed by atoms with van der Waals surface area (Å²) in [5, 5.41) is 4.21. The summed E-state index contributed by atoms with van der Waals surface area (Å²) in [6.07, 6.45) is 5.05. The summed E-state index contributed by atoms with van der Waals surface area (Å²) >= 11 is 0. The van der Waals surface area contributed by atoms with Gasteiger partial charge in [0.05, 0.1) is 13.3 Å². The monoisotopic (exact) mass is 315 g/mol. The molecule has 0 spiro atoms. The van der Waals surface area contributed by atoms with E-state index in [4.69, 9.17) is 4.74 Å². The Balaban J connectivity index is 1.84. The van der Waals surface area contributed by atoms with Crippen molar-refractivity contribution in [2.75, 3.05) is 14.2 Å². The summed E-state index contributed by atoms with van der Waals surface area (Å²) in [6, 6.07) is 8.13. The van der Waals surface area contributed by atoms with Crippen LogP contribution in [0.15, 0.2) is 36.7 Å². The van der Waals surface area contributed by atoms with Crippen molar-refractivity contribution in [3.05, 3.63) is 47.8 Å². The third kappa shape index (κ3) is 4.84. The number of amides is 1. The number of methoxy groups -OCH3 is 1. The predicted octanol–water partition coefficient (Wildman–Crippen LogP) is 2.68. The summed E-state index contributed by atoms with van der Waals surface area (Å²) in [7, 11) is 3.52. The van der Waals surface area contributed by atoms with Crippen LogP contribution in [0.4, 0.5) is 0 Å². The van der Waals surface area contributed by atoms with Crippen LogP contribution in [0, 0.1) is 6.92 Å². The van der Waals surface area contributed by atoms with Gasteiger partial charge in [-0.15, -0.1) is 0 Å². The number of ether oxygens (including phenoxy) is 1. The number of aromatic nitrogens is 2. The second-order valence-electron chi connectivity index (χ2n) is 5.94. The SMILES string of the molecule is COc1ccc(C[C@@H](C)N(C)C(=O)CCn2cc(C)cn2)cc1. The van der Waals surface area contributed by atoms with Gasteiger partial charge in [-0.25, -0.2) is 0 Å². The first kappa shape index (κ1) is 17.1. The molecule has 0 radical (unpaired) electrons. The van der Waals surface area contributed by atoms with Crippen LogP contribution in [0.3, 0.4) is 0 Å². The van der Waals surface area contributed by atoms with Gasteiger partial charge in [0, 0.05) is 32.3 Å². The molecule has 0 aliphatic carbocycles. The summed E-state index contributed by atoms with van der Waals surface area (Å²) in [6.45, 7) is 4.68. The third-order valence-electron chi connectivity index (χ3n) is 4.06. The number of rotatable bonds is 7. The maximum absolute atomic E-state index is 12.3. The summed E-state index contributed by atoms with van der Waals surface area (Å²) in [5.41, 5.74) is 2.30. The molecular formula is C18H25N3O2. The zero-order valence-corrected chi connectivity index (χ0v) is 14.3. The van der Waals surface area contributed by atoms with Crippen molar-refractivity contribution >= 4 is 5.91 Å². The Labute approximate surface area is 137 Å². The first-order valence-electron chi connectivity index (χ1n) is 7.87. The normalized spacial score (nSPS) is 12.0. The Morgan fingerprint density at radius 2 is 2.04 bits per heavy atom. The highest BCUT2D eigenvalue weighted by atomic mass is 16.5. The minimum absolute atomic E-state index is 0.138. The molecule has 5 heteroatoms. The zero-order chi connectivity index (χ0) is 16.8. The average molecular weight is 315 g/mol. The van der Waals surface area contributed by atoms with Gasteiger partial charge < -0.3 is 9.64 Å². The molecule has 1 aromatic heterocycles. The molecule has 23 heavy (non-hydrogen) atoms. The lowest BCUT2D eigenvalue weighted by molar-refractivity contribution is -0.131. The van der Waals surface area contributed by atoms with E-state index in [1.165, 1.54) is 5.56 Å². The van der Waals surface area contributed by atoms with Crippen molar-refractivity contribution in [3.63, 3.8) is 0 Å². The number of hydrogen-bond donors (Lipinski definition) is 0. The van der Waals surface area contributed by atoms with Crippen molar-refractivity contribution in [1.29, 1.82) is 0 Å². The maximum atomic E-state index is 12.3. The molecule has 0 aliphatic rings. The lowest BCUT2D eigenvalue weighted by Gasteiger charge is -2.25. The Morgan fingerprint density at radius 1 is 1.35 bits per heavy atom. The van der Waals surface area contributed by atoms with Gasteiger partial charge in [0.1, 0.15) is 5.75 Å². The lowest BCUT2D eigenvalue weighted by Crippen LogP contribution is -2.36. The van der Waals surface area contributed by atoms with Crippen LogP contribution < -0.4 is 4.74 Å². The zero-order valence-electron chi connectivity index (χ0n) is 14.3. The second kappa shape index (κ2) is 7.81. The van der Waals surface area contributed by atoms with E-state index in [0.717, 1.165) is 17.7 Å². The summed E-state index contributed by atoms with van der Waals surface area (Å²) < 4.78 is 6.98. The number of benzene rings is 1. The molecule has 1 atom stereocenters. The maximum Gasteiger partial charge on any atom is 0.224 e. The van der Waals surface area contributed by atoms with Gasteiger partial charge in [-0.1, -0.05) is 12.1 Å². The summed E-state index contributed by atoms with van der Waals surface area (Å²) in [4.78, 5) is 14.1. The fraction of sp³-hybridized carbons (Fsp3) is 0.444. The number of carbonyl (C=O) groups excluding carboxylic acids is 1. The van der Waals surface area contributed by atoms with Gasteiger partial charge in [0.2, 0.25) is 5.91 Å². The molecule has 124 valence electrons. The smallest absolute Gasteiger partial charge is 0.224 e. The molecule has 1 aromatic carbocycles. The number of hydrogen-bond acceptors (Lipinski definition) is 3. The second-order valence-corrected chi connectivity index (χ2v) is 5.94. The molecule has 0 saturated carbocycles. The summed E-state index contributed by atoms with van der Waals surface area (Å²) in [5.74, 6) is 0.986. The topological polar surface area (TPSA) is 47.4 Å². The van der Waals surface area contributed by atoms with E-state index >= 15 is 0 Å². The average Bonchev–Trinajstić information content (AvgIpc) is 2.98. The lowest BCUT2D eigenvalue weighted by atomic mass is 10.1. The number of aryl methyl sites for hydroxylation is 2. The molecule has 0 unspecified atom stereocenters. The molecule has 0 saturated heterocycles. The predicted molar refractivity (Wildman–Crippen MR) is 90.5 cm³/mol. The molecule has 0 N–H and O–H groups in total. The van der Waals surface area contributed by atoms with Crippen LogP contribution in [-0.2, 0) is 17.8 Å². The molecule has 0 bridgehead atoms. The molecular weight excluding hydrogens is 290 g/mol. The Morgan fingerprint density at radius 3 is 2.61 bits per heavy atom. The first-order chi connectivity index (χ1) is 11.0. The van der Waals surface area contributed by atoms with E-state index in [1.807, 2.05) is 54.0 Å². The Hall–Kier alpha value is -2.30. The van der Waals surface area contributed by atoms with Crippen molar-refractivity contribution in [2.45, 2.75) is 39.3 Å². The minimum atomic E-state index is 0.138. The van der Waals surface area contributed by atoms with E-state index in [1.54, 1.807) is 13.3 Å². The van der Waals surface area contributed by atoms with Crippen LogP contribution in [0.2, 0.25) is 0 Å². The van der Waals surface area contributed by atoms with Crippen LogP contribution in [0.5, 0.6) is 5.75 Å². The van der Waals surface area contributed by atoms with E-state index < -0.39 is 0 Å². The number of nitrogens with zero attached hydrogens (tertiary/aromatic N) is 3. The number of likely N-dealkylation sites (N-methyl/N-ethyl adjacent to an activating group) is 1. The third-order valence-corrected chi connectivity index (χ3v) is 4.06. The molecule has 0 aliphatic heterocycles. The van der Waals surface area contributed by atoms with Crippen molar-refractivity contribution < 1.29 is 9.53 Å². The highest BCUT2D eigenvalue weighted by Crippen LogP contribution is 2.14. The van der Waals surface area contributed by atoms with Gasteiger partial charge >= 0.3 is 0 Å². The Kier molecular flexibility index (Phi) is 5.79. The van der Waals surface area contributed by atoms with E-state index in [-0.39, 0.29) is 11.9 Å². The van der Waals surface area contributed by atoms with Crippen LogP contribution in [-0.4, -0.2) is 40.8 Å². The standard InChI is InChI=1S/C18H25N3O2/c1-14-12-19-21(13-14)10-9-18(22)20(3)15(2)11-16-5-7-17(23-4)8-6-16/h5-8,12-13,15H,9-11H2,1-4H3/t15-/m1/s1. The fourth-order valence-electron chi connectivity index (χ4n) is 2.46. The molecule has 1 heterocycles. The van der Waals surface area contributed by atoms with E-state index in [9.17, 15) is 4.79 Å². The highest BCUT2D eigenvalue weighted by molar-refractivity contribution is 5.76. The van der Waals surface area contributed by atoms with Gasteiger partial charge in [-0.05, 0) is 43.5 Å². The van der Waals surface area contributed by atoms with E-state index in [0.29, 0.717) is 13.0 Å². The van der Waals surface area contributed by atoms with Crippen molar-refractivity contribution in [3.8, 4) is 5.75 Å². The van der Waals surface area contributed by atoms with E-state index in [2.05, 4.69) is 12.0 Å². The van der Waals surface area contributed by atoms with Gasteiger partial charge in [-0.3, -0.25) is 9.48 Å². The molecule has 0 fully saturated rings. The molecule has 5 nitrogen and oxygen atoms in total. The van der Waals surface area contributed by atoms with Crippen LogP contribution in [0.1, 0.15) is 24.5 Å². The highest BCUT2D eigenvalue weighted by Gasteiger charge is 2.16. The fourth-order valence-corrected chi connectivity index (χ4v) is 2.46. The van der Waals surface area contributed by atoms with Crippen LogP contribution in [0.25, 0.3) is 0 Å². The molecule has 2 rings (SSSR count). The largest absolute Gasteiger partial charge is 0.497 e. The number of carbonyl (C=O) groups is 1. The first-order valence-corrected chi connectivity index (χ1v) is 7.87. The quantitative estimate of drug-likeness (QED) is 0.789. The minimum Gasteiger partial charge on any atom is -0.497 e. The van der Waals surface area contributed by atoms with Crippen molar-refractivity contribution in [2.24, 2.45) is 0 Å². The molecule has 2 aromatic rings. The van der Waals surface area contributed by atoms with Crippen LogP contribution >= 0.6 is 0 Å². The van der Waals surface area contributed by atoms with Gasteiger partial charge in [0.15, 0.2) is 0 Å². The van der Waals surface area contributed by atoms with Gasteiger partial charge in [-0.2, -0.15) is 5.10 Å².